The maximum Gasteiger partial charge on any atom is 0.321 e. The van der Waals surface area contributed by atoms with Crippen molar-refractivity contribution in [3.05, 3.63) is 59.5 Å². The summed E-state index contributed by atoms with van der Waals surface area (Å²) in [5.41, 5.74) is 5.28. The lowest BCUT2D eigenvalue weighted by atomic mass is 10.1. The zero-order valence-electron chi connectivity index (χ0n) is 18.0. The van der Waals surface area contributed by atoms with Gasteiger partial charge in [-0.25, -0.2) is 4.79 Å². The number of urea groups is 1. The fourth-order valence-corrected chi connectivity index (χ4v) is 3.92. The molecule has 1 N–H and O–H groups in total. The standard InChI is InChI=1S/C24H27N5O2/c1-16-4-3-5-21(17(16)2)25-24(30)29-14-12-28(13-15-29)20-10-8-18(9-11-20)22-26-23(31-27-22)19-6-7-19/h3-5,8-11,19H,6-7,12-15H2,1-2H3,(H,25,30). The van der Waals surface area contributed by atoms with E-state index in [1.54, 1.807) is 0 Å². The molecule has 5 rings (SSSR count). The molecular weight excluding hydrogens is 390 g/mol. The van der Waals surface area contributed by atoms with E-state index in [1.165, 1.54) is 5.56 Å². The minimum absolute atomic E-state index is 0.0349. The third-order valence-corrected chi connectivity index (χ3v) is 6.27. The third-order valence-electron chi connectivity index (χ3n) is 6.27. The van der Waals surface area contributed by atoms with Gasteiger partial charge in [0.2, 0.25) is 11.7 Å². The predicted molar refractivity (Wildman–Crippen MR) is 120 cm³/mol. The van der Waals surface area contributed by atoms with E-state index < -0.39 is 0 Å². The number of rotatable bonds is 4. The Bertz CT molecular complexity index is 1080. The summed E-state index contributed by atoms with van der Waals surface area (Å²) >= 11 is 0. The summed E-state index contributed by atoms with van der Waals surface area (Å²) in [6.45, 7) is 7.07. The van der Waals surface area contributed by atoms with Gasteiger partial charge < -0.3 is 19.6 Å². The van der Waals surface area contributed by atoms with E-state index in [9.17, 15) is 4.79 Å². The normalized spacial score (nSPS) is 16.5. The smallest absolute Gasteiger partial charge is 0.321 e. The van der Waals surface area contributed by atoms with Gasteiger partial charge in [0.15, 0.2) is 0 Å². The second-order valence-corrected chi connectivity index (χ2v) is 8.43. The number of anilines is 2. The number of amides is 2. The van der Waals surface area contributed by atoms with Crippen molar-refractivity contribution in [1.29, 1.82) is 0 Å². The molecule has 0 radical (unpaired) electrons. The first-order valence-electron chi connectivity index (χ1n) is 10.9. The lowest BCUT2D eigenvalue weighted by Crippen LogP contribution is -2.50. The average Bonchev–Trinajstić information content (AvgIpc) is 3.54. The molecule has 1 saturated carbocycles. The number of aromatic nitrogens is 2. The zero-order valence-corrected chi connectivity index (χ0v) is 18.0. The van der Waals surface area contributed by atoms with Gasteiger partial charge in [-0.15, -0.1) is 0 Å². The highest BCUT2D eigenvalue weighted by Crippen LogP contribution is 2.39. The second-order valence-electron chi connectivity index (χ2n) is 8.43. The van der Waals surface area contributed by atoms with Gasteiger partial charge in [-0.1, -0.05) is 17.3 Å². The van der Waals surface area contributed by atoms with Crippen molar-refractivity contribution < 1.29 is 9.32 Å². The van der Waals surface area contributed by atoms with Crippen LogP contribution in [0.15, 0.2) is 47.0 Å². The topological polar surface area (TPSA) is 74.5 Å². The van der Waals surface area contributed by atoms with Crippen molar-refractivity contribution >= 4 is 17.4 Å². The van der Waals surface area contributed by atoms with E-state index in [1.807, 2.05) is 36.1 Å². The first kappa shape index (κ1) is 19.6. The van der Waals surface area contributed by atoms with E-state index in [4.69, 9.17) is 4.52 Å². The van der Waals surface area contributed by atoms with Crippen molar-refractivity contribution in [3.8, 4) is 11.4 Å². The minimum atomic E-state index is -0.0349. The highest BCUT2D eigenvalue weighted by atomic mass is 16.5. The third kappa shape index (κ3) is 4.13. The lowest BCUT2D eigenvalue weighted by Gasteiger charge is -2.36. The summed E-state index contributed by atoms with van der Waals surface area (Å²) in [5.74, 6) is 1.87. The van der Waals surface area contributed by atoms with Crippen LogP contribution in [-0.2, 0) is 0 Å². The van der Waals surface area contributed by atoms with Gasteiger partial charge in [0.25, 0.3) is 0 Å². The van der Waals surface area contributed by atoms with E-state index in [0.29, 0.717) is 24.8 Å². The number of hydrogen-bond acceptors (Lipinski definition) is 5. The van der Waals surface area contributed by atoms with Crippen molar-refractivity contribution in [2.24, 2.45) is 0 Å². The molecule has 160 valence electrons. The molecule has 31 heavy (non-hydrogen) atoms. The average molecular weight is 418 g/mol. The summed E-state index contributed by atoms with van der Waals surface area (Å²) in [6, 6.07) is 14.2. The summed E-state index contributed by atoms with van der Waals surface area (Å²) in [4.78, 5) is 21.4. The van der Waals surface area contributed by atoms with Gasteiger partial charge in [-0.2, -0.15) is 4.98 Å². The fraction of sp³-hybridized carbons (Fsp3) is 0.375. The summed E-state index contributed by atoms with van der Waals surface area (Å²) in [6.07, 6.45) is 2.30. The van der Waals surface area contributed by atoms with Crippen LogP contribution in [0.2, 0.25) is 0 Å². The van der Waals surface area contributed by atoms with Gasteiger partial charge in [0.05, 0.1) is 0 Å². The first-order chi connectivity index (χ1) is 15.1. The van der Waals surface area contributed by atoms with Crippen LogP contribution >= 0.6 is 0 Å². The van der Waals surface area contributed by atoms with Crippen molar-refractivity contribution in [2.45, 2.75) is 32.6 Å². The molecule has 0 bridgehead atoms. The van der Waals surface area contributed by atoms with Gasteiger partial charge in [0.1, 0.15) is 0 Å². The molecule has 3 aromatic rings. The number of aryl methyl sites for hydroxylation is 1. The Hall–Kier alpha value is -3.35. The quantitative estimate of drug-likeness (QED) is 0.672. The van der Waals surface area contributed by atoms with Crippen LogP contribution < -0.4 is 10.2 Å². The second kappa shape index (κ2) is 8.06. The van der Waals surface area contributed by atoms with E-state index in [0.717, 1.165) is 54.3 Å². The van der Waals surface area contributed by atoms with E-state index in [-0.39, 0.29) is 6.03 Å². The van der Waals surface area contributed by atoms with Crippen LogP contribution in [0.3, 0.4) is 0 Å². The number of carbonyl (C=O) groups is 1. The highest BCUT2D eigenvalue weighted by Gasteiger charge is 2.29. The monoisotopic (exact) mass is 417 g/mol. The Kier molecular flexibility index (Phi) is 5.10. The highest BCUT2D eigenvalue weighted by molar-refractivity contribution is 5.90. The van der Waals surface area contributed by atoms with Gasteiger partial charge in [-0.3, -0.25) is 0 Å². The molecule has 1 aliphatic carbocycles. The molecule has 0 unspecified atom stereocenters. The molecule has 2 fully saturated rings. The summed E-state index contributed by atoms with van der Waals surface area (Å²) in [7, 11) is 0. The molecule has 1 aromatic heterocycles. The largest absolute Gasteiger partial charge is 0.368 e. The molecule has 1 saturated heterocycles. The number of piperazine rings is 1. The van der Waals surface area contributed by atoms with Crippen molar-refractivity contribution in [3.63, 3.8) is 0 Å². The number of nitrogens with one attached hydrogen (secondary N) is 1. The van der Waals surface area contributed by atoms with Crippen LogP contribution in [0.25, 0.3) is 11.4 Å². The van der Waals surface area contributed by atoms with Gasteiger partial charge in [-0.05, 0) is 68.1 Å². The summed E-state index contributed by atoms with van der Waals surface area (Å²) < 4.78 is 5.37. The molecule has 2 heterocycles. The fourth-order valence-electron chi connectivity index (χ4n) is 3.92. The zero-order chi connectivity index (χ0) is 21.4. The van der Waals surface area contributed by atoms with Gasteiger partial charge in [0, 0.05) is 49.0 Å². The molecule has 2 amide bonds. The molecule has 0 atom stereocenters. The Labute approximate surface area is 182 Å². The molecule has 7 heteroatoms. The summed E-state index contributed by atoms with van der Waals surface area (Å²) in [5, 5.41) is 7.18. The first-order valence-corrected chi connectivity index (χ1v) is 10.9. The minimum Gasteiger partial charge on any atom is -0.368 e. The molecule has 1 aliphatic heterocycles. The van der Waals surface area contributed by atoms with Gasteiger partial charge >= 0.3 is 6.03 Å². The number of hydrogen-bond donors (Lipinski definition) is 1. The Morgan fingerprint density at radius 3 is 2.48 bits per heavy atom. The van der Waals surface area contributed by atoms with E-state index in [2.05, 4.69) is 45.5 Å². The SMILES string of the molecule is Cc1cccc(NC(=O)N2CCN(c3ccc(-c4noc(C5CC5)n4)cc3)CC2)c1C. The van der Waals surface area contributed by atoms with Crippen LogP contribution in [0, 0.1) is 13.8 Å². The van der Waals surface area contributed by atoms with Crippen LogP contribution in [0.4, 0.5) is 16.2 Å². The Morgan fingerprint density at radius 2 is 1.77 bits per heavy atom. The maximum atomic E-state index is 12.7. The predicted octanol–water partition coefficient (Wildman–Crippen LogP) is 4.58. The molecule has 7 nitrogen and oxygen atoms in total. The van der Waals surface area contributed by atoms with Crippen molar-refractivity contribution in [1.82, 2.24) is 15.0 Å². The number of carbonyl (C=O) groups excluding carboxylic acids is 1. The Balaban J connectivity index is 1.18. The molecule has 2 aromatic carbocycles. The maximum absolute atomic E-state index is 12.7. The van der Waals surface area contributed by atoms with Crippen LogP contribution in [0.1, 0.15) is 35.8 Å². The number of benzene rings is 2. The molecular formula is C24H27N5O2. The van der Waals surface area contributed by atoms with E-state index >= 15 is 0 Å². The lowest BCUT2D eigenvalue weighted by molar-refractivity contribution is 0.208. The molecule has 0 spiro atoms. The van der Waals surface area contributed by atoms with Crippen LogP contribution in [-0.4, -0.2) is 47.3 Å². The number of nitrogens with zero attached hydrogens (tertiary/aromatic N) is 4. The molecule has 2 aliphatic rings. The Morgan fingerprint density at radius 1 is 1.03 bits per heavy atom. The van der Waals surface area contributed by atoms with Crippen molar-refractivity contribution in [2.75, 3.05) is 36.4 Å². The van der Waals surface area contributed by atoms with Crippen LogP contribution in [0.5, 0.6) is 0 Å².